The monoisotopic (exact) mass is 797 g/mol. The second kappa shape index (κ2) is 17.2. The molecule has 0 spiro atoms. The van der Waals surface area contributed by atoms with Crippen LogP contribution in [-0.4, -0.2) is 15.0 Å². The van der Waals surface area contributed by atoms with E-state index in [1.54, 1.807) is 12.4 Å². The molecule has 3 aromatic carbocycles. The quantitative estimate of drug-likeness (QED) is 0.130. The molecule has 0 aliphatic carbocycles. The number of aromatic nitrogens is 3. The Balaban J connectivity index is 0.000000183. The third kappa shape index (κ3) is 8.55. The molecule has 3 heterocycles. The zero-order valence-corrected chi connectivity index (χ0v) is 27.8. The van der Waals surface area contributed by atoms with Crippen LogP contribution in [0.15, 0.2) is 163 Å². The average Bonchev–Trinajstić information content (AvgIpc) is 3.10. The molecule has 9 heteroatoms. The standard InChI is InChI=1S/C19H15N2P.C15H11N3.2ClH.Os/c20-16-21-22(17-10-4-1-5-11-17,18-12-6-2-7-13-18)19-14-8-3-9-15-19;1-3-10-16-12(6-1)14-8-5-9-15(18-14)13-7-2-4-11-17-13;;;/h1-15H;1-11H;2*1H;/q;;;;+2/p-2. The maximum Gasteiger partial charge on any atom is 0.0894 e. The van der Waals surface area contributed by atoms with E-state index >= 15 is 0 Å². The minimum Gasteiger partial charge on any atom is -0.255 e. The van der Waals surface area contributed by atoms with Crippen LogP contribution in [0.5, 0.6) is 0 Å². The number of nitriles is 1. The number of rotatable bonds is 5. The van der Waals surface area contributed by atoms with Gasteiger partial charge in [-0.05, 0) is 36.4 Å². The Hall–Kier alpha value is -3.95. The molecule has 5 nitrogen and oxygen atoms in total. The first-order valence-electron chi connectivity index (χ1n) is 13.0. The van der Waals surface area contributed by atoms with Gasteiger partial charge in [0.25, 0.3) is 0 Å². The van der Waals surface area contributed by atoms with E-state index in [0.717, 1.165) is 38.7 Å². The van der Waals surface area contributed by atoms with Crippen molar-refractivity contribution in [1.82, 2.24) is 15.0 Å². The molecule has 0 aliphatic heterocycles. The van der Waals surface area contributed by atoms with Crippen LogP contribution < -0.4 is 15.9 Å². The normalized spacial score (nSPS) is 10.3. The van der Waals surface area contributed by atoms with Gasteiger partial charge in [-0.2, -0.15) is 10.0 Å². The summed E-state index contributed by atoms with van der Waals surface area (Å²) in [6, 6.07) is 47.8. The number of hydrogen-bond acceptors (Lipinski definition) is 5. The van der Waals surface area contributed by atoms with E-state index in [4.69, 9.17) is 19.3 Å². The van der Waals surface area contributed by atoms with Gasteiger partial charge in [0.05, 0.1) is 29.8 Å². The maximum absolute atomic E-state index is 9.40. The third-order valence-corrected chi connectivity index (χ3v) is 9.71. The summed E-state index contributed by atoms with van der Waals surface area (Å²) >= 11 is -0.639. The molecule has 0 saturated heterocycles. The van der Waals surface area contributed by atoms with Crippen molar-refractivity contribution in [1.29, 1.82) is 5.26 Å². The number of nitrogens with zero attached hydrogens (tertiary/aromatic N) is 5. The van der Waals surface area contributed by atoms with Crippen LogP contribution in [0.2, 0.25) is 0 Å². The van der Waals surface area contributed by atoms with Gasteiger partial charge in [0, 0.05) is 28.3 Å². The Labute approximate surface area is 268 Å². The van der Waals surface area contributed by atoms with E-state index < -0.39 is 22.5 Å². The predicted octanol–water partition coefficient (Wildman–Crippen LogP) is 8.23. The van der Waals surface area contributed by atoms with Crippen LogP contribution in [0.3, 0.4) is 0 Å². The van der Waals surface area contributed by atoms with Crippen molar-refractivity contribution in [2.75, 3.05) is 0 Å². The first-order valence-corrected chi connectivity index (χ1v) is 21.1. The van der Waals surface area contributed by atoms with Crippen molar-refractivity contribution in [2.24, 2.45) is 4.74 Å². The van der Waals surface area contributed by atoms with Gasteiger partial charge >= 0.3 is 34.7 Å². The molecule has 0 unspecified atom stereocenters. The largest absolute Gasteiger partial charge is 0.255 e. The molecular weight excluding hydrogens is 771 g/mol. The smallest absolute Gasteiger partial charge is 0.0894 e. The van der Waals surface area contributed by atoms with Gasteiger partial charge in [0.15, 0.2) is 0 Å². The summed E-state index contributed by atoms with van der Waals surface area (Å²) in [6.07, 6.45) is 5.62. The second-order valence-electron chi connectivity index (χ2n) is 8.73. The van der Waals surface area contributed by atoms with E-state index in [1.807, 2.05) is 109 Å². The van der Waals surface area contributed by atoms with E-state index in [-0.39, 0.29) is 0 Å². The molecule has 0 atom stereocenters. The minimum absolute atomic E-state index is 0.639. The van der Waals surface area contributed by atoms with E-state index in [0.29, 0.717) is 0 Å². The van der Waals surface area contributed by atoms with Crippen LogP contribution in [0, 0.1) is 11.5 Å². The molecule has 6 aromatic rings. The van der Waals surface area contributed by atoms with Gasteiger partial charge in [0.1, 0.15) is 0 Å². The summed E-state index contributed by atoms with van der Waals surface area (Å²) in [7, 11) is 7.52. The number of benzene rings is 3. The van der Waals surface area contributed by atoms with Crippen LogP contribution in [-0.2, 0) is 15.4 Å². The number of pyridine rings is 3. The van der Waals surface area contributed by atoms with Crippen molar-refractivity contribution in [3.8, 4) is 29.0 Å². The number of halogens is 2. The topological polar surface area (TPSA) is 74.8 Å². The Morgan fingerprint density at radius 3 is 1.19 bits per heavy atom. The van der Waals surface area contributed by atoms with E-state index in [9.17, 15) is 5.26 Å². The van der Waals surface area contributed by atoms with Crippen molar-refractivity contribution in [3.05, 3.63) is 158 Å². The molecule has 0 radical (unpaired) electrons. The zero-order chi connectivity index (χ0) is 30.2. The van der Waals surface area contributed by atoms with Crippen molar-refractivity contribution in [2.45, 2.75) is 0 Å². The van der Waals surface area contributed by atoms with Gasteiger partial charge in [-0.3, -0.25) is 9.97 Å². The molecule has 0 N–H and O–H groups in total. The van der Waals surface area contributed by atoms with Gasteiger partial charge < -0.3 is 0 Å². The average molecular weight is 797 g/mol. The summed E-state index contributed by atoms with van der Waals surface area (Å²) in [5, 5.41) is 12.7. The molecule has 0 amide bonds. The van der Waals surface area contributed by atoms with E-state index in [1.165, 1.54) is 0 Å². The zero-order valence-electron chi connectivity index (χ0n) is 22.8. The summed E-state index contributed by atoms with van der Waals surface area (Å²) in [5.74, 6) is 0. The van der Waals surface area contributed by atoms with Gasteiger partial charge in [-0.25, -0.2) is 4.98 Å². The maximum atomic E-state index is 9.40. The Morgan fingerprint density at radius 2 is 0.860 bits per heavy atom. The summed E-state index contributed by atoms with van der Waals surface area (Å²) in [5.41, 5.74) is 3.46. The van der Waals surface area contributed by atoms with Crippen LogP contribution in [0.1, 0.15) is 0 Å². The first kappa shape index (κ1) is 32.0. The molecular formula is C34H26Cl2N5OsP. The second-order valence-corrected chi connectivity index (χ2v) is 15.4. The fourth-order valence-corrected chi connectivity index (χ4v) is 7.55. The van der Waals surface area contributed by atoms with Crippen molar-refractivity contribution < 1.29 is 15.4 Å². The summed E-state index contributed by atoms with van der Waals surface area (Å²) in [6.45, 7) is 0. The summed E-state index contributed by atoms with van der Waals surface area (Å²) in [4.78, 5) is 13.2. The molecule has 0 fully saturated rings. The molecule has 43 heavy (non-hydrogen) atoms. The molecule has 214 valence electrons. The van der Waals surface area contributed by atoms with Gasteiger partial charge in [-0.15, -0.1) is 0 Å². The molecule has 6 rings (SSSR count). The number of hydrogen-bond donors (Lipinski definition) is 0. The molecule has 0 saturated carbocycles. The Kier molecular flexibility index (Phi) is 12.8. The van der Waals surface area contributed by atoms with Crippen LogP contribution >= 0.6 is 26.3 Å². The summed E-state index contributed by atoms with van der Waals surface area (Å²) < 4.78 is 4.48. The molecule has 3 aromatic heterocycles. The Morgan fingerprint density at radius 1 is 0.512 bits per heavy atom. The first-order chi connectivity index (χ1) is 21.2. The van der Waals surface area contributed by atoms with E-state index in [2.05, 4.69) is 62.3 Å². The Bertz CT molecular complexity index is 1610. The fraction of sp³-hybridized carbons (Fsp3) is 0. The third-order valence-electron chi connectivity index (χ3n) is 6.19. The fourth-order valence-electron chi connectivity index (χ4n) is 4.37. The molecule has 0 bridgehead atoms. The van der Waals surface area contributed by atoms with Crippen molar-refractivity contribution >= 4 is 42.2 Å². The van der Waals surface area contributed by atoms with Crippen molar-refractivity contribution in [3.63, 3.8) is 0 Å². The van der Waals surface area contributed by atoms with Crippen LogP contribution in [0.4, 0.5) is 0 Å². The predicted molar refractivity (Wildman–Crippen MR) is 176 cm³/mol. The van der Waals surface area contributed by atoms with Crippen LogP contribution in [0.25, 0.3) is 22.8 Å². The van der Waals surface area contributed by atoms with Gasteiger partial charge in [0.2, 0.25) is 6.19 Å². The minimum atomic E-state index is -2.29. The SMILES string of the molecule is N#CN=P(c1ccccc1)(c1ccccc1)c1ccccc1.[Cl][Os][Cl].c1ccc(-c2cccc(-c3ccccn3)n2)nc1. The van der Waals surface area contributed by atoms with Gasteiger partial charge in [-0.1, -0.05) is 109 Å². The molecule has 0 aliphatic rings.